The Morgan fingerprint density at radius 3 is 2.50 bits per heavy atom. The van der Waals surface area contributed by atoms with Crippen LogP contribution in [0.25, 0.3) is 17.1 Å². The van der Waals surface area contributed by atoms with Gasteiger partial charge in [0, 0.05) is 52.9 Å². The topological polar surface area (TPSA) is 63.9 Å². The second-order valence-electron chi connectivity index (χ2n) is 9.25. The molecule has 8 heteroatoms. The number of para-hydroxylation sites is 1. The van der Waals surface area contributed by atoms with E-state index in [1.54, 1.807) is 18.5 Å². The second-order valence-corrected chi connectivity index (χ2v) is 10.6. The molecule has 4 aromatic rings. The molecule has 0 atom stereocenters. The first kappa shape index (κ1) is 24.3. The highest BCUT2D eigenvalue weighted by molar-refractivity contribution is 7.99. The fourth-order valence-corrected chi connectivity index (χ4v) is 5.63. The maximum atomic E-state index is 13.2. The third-order valence-electron chi connectivity index (χ3n) is 6.63. The predicted molar refractivity (Wildman–Crippen MR) is 146 cm³/mol. The summed E-state index contributed by atoms with van der Waals surface area (Å²) in [5, 5.41) is 10.2. The van der Waals surface area contributed by atoms with E-state index in [1.165, 1.54) is 17.3 Å². The number of hydrogen-bond donors (Lipinski definition) is 0. The lowest BCUT2D eigenvalue weighted by Crippen LogP contribution is -2.24. The lowest BCUT2D eigenvalue weighted by atomic mass is 9.83. The van der Waals surface area contributed by atoms with Crippen LogP contribution in [0.4, 0.5) is 5.69 Å². The Kier molecular flexibility index (Phi) is 6.45. The van der Waals surface area contributed by atoms with Crippen molar-refractivity contribution in [1.82, 2.24) is 19.7 Å². The van der Waals surface area contributed by atoms with Crippen LogP contribution in [0.1, 0.15) is 25.0 Å². The van der Waals surface area contributed by atoms with Gasteiger partial charge in [-0.05, 0) is 48.4 Å². The fourth-order valence-electron chi connectivity index (χ4n) is 4.70. The number of halogens is 1. The molecule has 0 N–H and O–H groups in total. The smallest absolute Gasteiger partial charge is 0.196 e. The summed E-state index contributed by atoms with van der Waals surface area (Å²) < 4.78 is 1.96. The first-order valence-corrected chi connectivity index (χ1v) is 13.0. The van der Waals surface area contributed by atoms with Crippen molar-refractivity contribution in [3.63, 3.8) is 0 Å². The van der Waals surface area contributed by atoms with Gasteiger partial charge in [0.05, 0.1) is 11.4 Å². The van der Waals surface area contributed by atoms with Gasteiger partial charge in [-0.2, -0.15) is 0 Å². The summed E-state index contributed by atoms with van der Waals surface area (Å²) in [6, 6.07) is 17.8. The Labute approximate surface area is 220 Å². The van der Waals surface area contributed by atoms with E-state index in [1.807, 2.05) is 61.0 Å². The molecule has 0 aliphatic carbocycles. The summed E-state index contributed by atoms with van der Waals surface area (Å²) in [6.07, 6.45) is 5.21. The number of carbonyl (C=O) groups is 1. The molecule has 36 heavy (non-hydrogen) atoms. The van der Waals surface area contributed by atoms with E-state index < -0.39 is 0 Å². The quantitative estimate of drug-likeness (QED) is 0.223. The SMILES string of the molecule is Cc1c(Cl)cccc1-n1c(SCC(=O)/C=C2\N(C)c3ccccc3C2(C)C)nnc1-c1ccncc1. The van der Waals surface area contributed by atoms with Crippen LogP contribution >= 0.6 is 23.4 Å². The molecule has 0 bridgehead atoms. The summed E-state index contributed by atoms with van der Waals surface area (Å²) >= 11 is 7.81. The van der Waals surface area contributed by atoms with Gasteiger partial charge < -0.3 is 4.90 Å². The maximum absolute atomic E-state index is 13.2. The first-order valence-electron chi connectivity index (χ1n) is 11.6. The molecule has 2 aromatic heterocycles. The van der Waals surface area contributed by atoms with E-state index in [0.717, 1.165) is 28.2 Å². The van der Waals surface area contributed by atoms with Crippen LogP contribution in [0.3, 0.4) is 0 Å². The normalized spacial score (nSPS) is 15.4. The van der Waals surface area contributed by atoms with Crippen LogP contribution in [-0.2, 0) is 10.2 Å². The van der Waals surface area contributed by atoms with Crippen LogP contribution < -0.4 is 4.90 Å². The number of pyridine rings is 1. The van der Waals surface area contributed by atoms with Gasteiger partial charge in [-0.1, -0.05) is 61.5 Å². The minimum atomic E-state index is -0.252. The van der Waals surface area contributed by atoms with Crippen molar-refractivity contribution in [1.29, 1.82) is 0 Å². The summed E-state index contributed by atoms with van der Waals surface area (Å²) in [5.74, 6) is 0.923. The highest BCUT2D eigenvalue weighted by Gasteiger charge is 2.38. The summed E-state index contributed by atoms with van der Waals surface area (Å²) in [6.45, 7) is 6.27. The molecule has 6 nitrogen and oxygen atoms in total. The number of likely N-dealkylation sites (N-methyl/N-ethyl adjacent to an activating group) is 1. The minimum absolute atomic E-state index is 0.0190. The zero-order valence-electron chi connectivity index (χ0n) is 20.6. The number of benzene rings is 2. The van der Waals surface area contributed by atoms with E-state index >= 15 is 0 Å². The molecule has 0 amide bonds. The second kappa shape index (κ2) is 9.56. The maximum Gasteiger partial charge on any atom is 0.196 e. The van der Waals surface area contributed by atoms with Crippen LogP contribution in [0.5, 0.6) is 0 Å². The Morgan fingerprint density at radius 1 is 1.03 bits per heavy atom. The van der Waals surface area contributed by atoms with E-state index in [4.69, 9.17) is 11.6 Å². The molecule has 1 aliphatic rings. The van der Waals surface area contributed by atoms with E-state index in [2.05, 4.69) is 46.1 Å². The monoisotopic (exact) mass is 515 g/mol. The zero-order valence-corrected chi connectivity index (χ0v) is 22.1. The number of carbonyl (C=O) groups excluding carboxylic acids is 1. The molecule has 2 aromatic carbocycles. The van der Waals surface area contributed by atoms with E-state index in [-0.39, 0.29) is 17.0 Å². The summed E-state index contributed by atoms with van der Waals surface area (Å²) in [4.78, 5) is 19.4. The lowest BCUT2D eigenvalue weighted by molar-refractivity contribution is -0.112. The van der Waals surface area contributed by atoms with Gasteiger partial charge in [0.2, 0.25) is 0 Å². The number of fused-ring (bicyclic) bond motifs is 1. The van der Waals surface area contributed by atoms with Gasteiger partial charge in [0.1, 0.15) is 0 Å². The van der Waals surface area contributed by atoms with Crippen LogP contribution in [0.2, 0.25) is 5.02 Å². The highest BCUT2D eigenvalue weighted by Crippen LogP contribution is 2.46. The number of allylic oxidation sites excluding steroid dienone is 2. The third kappa shape index (κ3) is 4.22. The van der Waals surface area contributed by atoms with Gasteiger partial charge in [-0.15, -0.1) is 10.2 Å². The number of anilines is 1. The molecule has 0 spiro atoms. The van der Waals surface area contributed by atoms with Crippen molar-refractivity contribution in [3.05, 3.63) is 94.9 Å². The van der Waals surface area contributed by atoms with Crippen LogP contribution in [-0.4, -0.2) is 38.3 Å². The Balaban J connectivity index is 1.46. The molecular formula is C28H26ClN5OS. The molecule has 0 radical (unpaired) electrons. The molecule has 0 unspecified atom stereocenters. The number of ketones is 1. The van der Waals surface area contributed by atoms with Crippen molar-refractivity contribution >= 4 is 34.8 Å². The van der Waals surface area contributed by atoms with Gasteiger partial charge in [-0.25, -0.2) is 0 Å². The standard InChI is InChI=1S/C28H26ClN5OS/c1-18-22(29)9-7-11-23(18)34-26(19-12-14-30-15-13-19)31-32-27(34)36-17-20(35)16-25-28(2,3)21-8-5-6-10-24(21)33(25)4/h5-16H,17H2,1-4H3/b25-16-. The fraction of sp³-hybridized carbons (Fsp3) is 0.214. The predicted octanol–water partition coefficient (Wildman–Crippen LogP) is 6.26. The zero-order chi connectivity index (χ0) is 25.4. The highest BCUT2D eigenvalue weighted by atomic mass is 35.5. The van der Waals surface area contributed by atoms with Crippen molar-refractivity contribution < 1.29 is 4.79 Å². The molecule has 0 fully saturated rings. The first-order chi connectivity index (χ1) is 17.3. The third-order valence-corrected chi connectivity index (χ3v) is 7.99. The van der Waals surface area contributed by atoms with Gasteiger partial charge in [0.15, 0.2) is 16.8 Å². The summed E-state index contributed by atoms with van der Waals surface area (Å²) in [5.41, 5.74) is 5.75. The molecular weight excluding hydrogens is 490 g/mol. The van der Waals surface area contributed by atoms with Crippen molar-refractivity contribution in [2.45, 2.75) is 31.3 Å². The molecule has 3 heterocycles. The van der Waals surface area contributed by atoms with Crippen molar-refractivity contribution in [2.75, 3.05) is 17.7 Å². The number of rotatable bonds is 6. The largest absolute Gasteiger partial charge is 0.347 e. The van der Waals surface area contributed by atoms with E-state index in [9.17, 15) is 4.79 Å². The minimum Gasteiger partial charge on any atom is -0.347 e. The Bertz CT molecular complexity index is 1480. The van der Waals surface area contributed by atoms with Gasteiger partial charge in [-0.3, -0.25) is 14.3 Å². The van der Waals surface area contributed by atoms with Crippen LogP contribution in [0, 0.1) is 6.92 Å². The number of thioether (sulfide) groups is 1. The number of nitrogens with zero attached hydrogens (tertiary/aromatic N) is 5. The van der Waals surface area contributed by atoms with E-state index in [0.29, 0.717) is 16.0 Å². The molecule has 182 valence electrons. The van der Waals surface area contributed by atoms with Gasteiger partial charge in [0.25, 0.3) is 0 Å². The van der Waals surface area contributed by atoms with Gasteiger partial charge >= 0.3 is 0 Å². The average Bonchev–Trinajstić information content (AvgIpc) is 3.38. The number of hydrogen-bond acceptors (Lipinski definition) is 6. The molecule has 0 saturated carbocycles. The Morgan fingerprint density at radius 2 is 1.75 bits per heavy atom. The number of aromatic nitrogens is 4. The lowest BCUT2D eigenvalue weighted by Gasteiger charge is -2.23. The molecule has 5 rings (SSSR count). The van der Waals surface area contributed by atoms with Crippen molar-refractivity contribution in [3.8, 4) is 17.1 Å². The Hall–Kier alpha value is -3.42. The molecule has 1 aliphatic heterocycles. The van der Waals surface area contributed by atoms with Crippen molar-refractivity contribution in [2.24, 2.45) is 0 Å². The summed E-state index contributed by atoms with van der Waals surface area (Å²) in [7, 11) is 2.01. The van der Waals surface area contributed by atoms with Crippen LogP contribution in [0.15, 0.2) is 83.9 Å². The molecule has 0 saturated heterocycles. The average molecular weight is 516 g/mol.